The van der Waals surface area contributed by atoms with Gasteiger partial charge in [0.2, 0.25) is 0 Å². The first-order chi connectivity index (χ1) is 4.22. The maximum atomic E-state index is 10.4. The molecule has 1 aliphatic rings. The molecule has 0 spiro atoms. The molecular weight excluding hydrogens is 118 g/mol. The van der Waals surface area contributed by atoms with Gasteiger partial charge in [-0.15, -0.1) is 0 Å². The lowest BCUT2D eigenvalue weighted by atomic mass is 9.99. The minimum atomic E-state index is -0.674. The molecule has 3 heteroatoms. The van der Waals surface area contributed by atoms with Crippen LogP contribution >= 0.6 is 0 Å². The number of carboxylic acid groups (broad SMARTS) is 1. The molecule has 9 heavy (non-hydrogen) atoms. The summed E-state index contributed by atoms with van der Waals surface area (Å²) < 4.78 is 0. The number of aliphatic carboxylic acids is 1. The van der Waals surface area contributed by atoms with Crippen molar-refractivity contribution in [2.75, 3.05) is 13.1 Å². The third kappa shape index (κ3) is 1.21. The summed E-state index contributed by atoms with van der Waals surface area (Å²) in [6, 6.07) is 0. The molecule has 0 aliphatic carbocycles. The Hall–Kier alpha value is -0.570. The number of carboxylic acids is 1. The molecule has 3 nitrogen and oxygen atoms in total. The van der Waals surface area contributed by atoms with Crippen molar-refractivity contribution < 1.29 is 9.90 Å². The van der Waals surface area contributed by atoms with Crippen LogP contribution in [0, 0.1) is 11.8 Å². The zero-order valence-corrected chi connectivity index (χ0v) is 5.42. The summed E-state index contributed by atoms with van der Waals surface area (Å²) in [5.41, 5.74) is 0. The van der Waals surface area contributed by atoms with Crippen LogP contribution in [0.25, 0.3) is 0 Å². The van der Waals surface area contributed by atoms with Crippen molar-refractivity contribution in [2.24, 2.45) is 11.8 Å². The Bertz CT molecular complexity index is 124. The van der Waals surface area contributed by atoms with Gasteiger partial charge in [-0.2, -0.15) is 0 Å². The number of hydrogen-bond acceptors (Lipinski definition) is 2. The predicted octanol–water partition coefficient (Wildman–Crippen LogP) is -0.0735. The largest absolute Gasteiger partial charge is 0.481 e. The molecule has 0 aromatic heterocycles. The van der Waals surface area contributed by atoms with Crippen LogP contribution < -0.4 is 5.32 Å². The van der Waals surface area contributed by atoms with E-state index in [4.69, 9.17) is 5.11 Å². The fourth-order valence-corrected chi connectivity index (χ4v) is 1.14. The van der Waals surface area contributed by atoms with E-state index in [1.165, 1.54) is 0 Å². The van der Waals surface area contributed by atoms with E-state index in [1.807, 2.05) is 6.92 Å². The zero-order valence-electron chi connectivity index (χ0n) is 5.42. The molecular formula is C6H11NO2. The van der Waals surface area contributed by atoms with Crippen LogP contribution in [-0.2, 0) is 4.79 Å². The molecule has 0 radical (unpaired) electrons. The van der Waals surface area contributed by atoms with E-state index in [1.54, 1.807) is 0 Å². The third-order valence-electron chi connectivity index (χ3n) is 1.83. The van der Waals surface area contributed by atoms with E-state index >= 15 is 0 Å². The van der Waals surface area contributed by atoms with Gasteiger partial charge in [-0.25, -0.2) is 0 Å². The first-order valence-corrected chi connectivity index (χ1v) is 3.15. The smallest absolute Gasteiger partial charge is 0.308 e. The lowest BCUT2D eigenvalue weighted by Crippen LogP contribution is -2.20. The van der Waals surface area contributed by atoms with E-state index in [-0.39, 0.29) is 5.92 Å². The van der Waals surface area contributed by atoms with Crippen molar-refractivity contribution in [3.05, 3.63) is 0 Å². The third-order valence-corrected chi connectivity index (χ3v) is 1.83. The van der Waals surface area contributed by atoms with Crippen molar-refractivity contribution in [3.63, 3.8) is 0 Å². The Morgan fingerprint density at radius 3 is 2.56 bits per heavy atom. The molecule has 1 rings (SSSR count). The Morgan fingerprint density at radius 1 is 1.67 bits per heavy atom. The van der Waals surface area contributed by atoms with Crippen molar-refractivity contribution in [1.82, 2.24) is 5.32 Å². The Labute approximate surface area is 54.1 Å². The van der Waals surface area contributed by atoms with Crippen LogP contribution in [0.5, 0.6) is 0 Å². The van der Waals surface area contributed by atoms with Gasteiger partial charge in [0.05, 0.1) is 5.92 Å². The fourth-order valence-electron chi connectivity index (χ4n) is 1.14. The summed E-state index contributed by atoms with van der Waals surface area (Å²) in [5.74, 6) is -0.542. The van der Waals surface area contributed by atoms with Gasteiger partial charge in [0.25, 0.3) is 0 Å². The van der Waals surface area contributed by atoms with Gasteiger partial charge in [-0.3, -0.25) is 4.79 Å². The summed E-state index contributed by atoms with van der Waals surface area (Å²) in [5, 5.41) is 11.6. The van der Waals surface area contributed by atoms with Gasteiger partial charge in [0, 0.05) is 6.54 Å². The van der Waals surface area contributed by atoms with E-state index in [0.29, 0.717) is 12.5 Å². The monoisotopic (exact) mass is 129 g/mol. The lowest BCUT2D eigenvalue weighted by Gasteiger charge is -2.05. The second-order valence-corrected chi connectivity index (χ2v) is 2.58. The van der Waals surface area contributed by atoms with Gasteiger partial charge in [0.15, 0.2) is 0 Å². The first kappa shape index (κ1) is 6.55. The molecule has 0 amide bonds. The molecule has 1 unspecified atom stereocenters. The van der Waals surface area contributed by atoms with Gasteiger partial charge in [-0.05, 0) is 12.5 Å². The van der Waals surface area contributed by atoms with Crippen LogP contribution in [0.1, 0.15) is 6.92 Å². The number of rotatable bonds is 1. The minimum Gasteiger partial charge on any atom is -0.481 e. The zero-order chi connectivity index (χ0) is 6.85. The molecule has 1 aliphatic heterocycles. The average molecular weight is 129 g/mol. The molecule has 0 aromatic carbocycles. The Morgan fingerprint density at radius 2 is 2.33 bits per heavy atom. The highest BCUT2D eigenvalue weighted by Gasteiger charge is 2.28. The van der Waals surface area contributed by atoms with Gasteiger partial charge >= 0.3 is 5.97 Å². The standard InChI is InChI=1S/C6H11NO2/c1-4-2-7-3-5(4)6(8)9/h4-5,7H,2-3H2,1H3,(H,8,9)/t4-,5?/m1/s1. The topological polar surface area (TPSA) is 49.3 Å². The summed E-state index contributed by atoms with van der Waals surface area (Å²) >= 11 is 0. The number of carbonyl (C=O) groups is 1. The fraction of sp³-hybridized carbons (Fsp3) is 0.833. The Kier molecular flexibility index (Phi) is 1.71. The van der Waals surface area contributed by atoms with Gasteiger partial charge < -0.3 is 10.4 Å². The van der Waals surface area contributed by atoms with E-state index in [9.17, 15) is 4.79 Å². The van der Waals surface area contributed by atoms with E-state index < -0.39 is 5.97 Å². The van der Waals surface area contributed by atoms with Crippen molar-refractivity contribution in [3.8, 4) is 0 Å². The first-order valence-electron chi connectivity index (χ1n) is 3.15. The summed E-state index contributed by atoms with van der Waals surface area (Å²) in [7, 11) is 0. The Balaban J connectivity index is 2.49. The van der Waals surface area contributed by atoms with Crippen molar-refractivity contribution >= 4 is 5.97 Å². The highest BCUT2D eigenvalue weighted by molar-refractivity contribution is 5.71. The highest BCUT2D eigenvalue weighted by atomic mass is 16.4. The van der Waals surface area contributed by atoms with Crippen LogP contribution in [0.3, 0.4) is 0 Å². The molecule has 1 heterocycles. The number of hydrogen-bond donors (Lipinski definition) is 2. The highest BCUT2D eigenvalue weighted by Crippen LogP contribution is 2.14. The molecule has 1 fully saturated rings. The lowest BCUT2D eigenvalue weighted by molar-refractivity contribution is -0.142. The van der Waals surface area contributed by atoms with E-state index in [0.717, 1.165) is 6.54 Å². The molecule has 0 bridgehead atoms. The van der Waals surface area contributed by atoms with Gasteiger partial charge in [-0.1, -0.05) is 6.92 Å². The molecule has 1 saturated heterocycles. The van der Waals surface area contributed by atoms with Crippen LogP contribution in [-0.4, -0.2) is 24.2 Å². The van der Waals surface area contributed by atoms with Crippen LogP contribution in [0.4, 0.5) is 0 Å². The minimum absolute atomic E-state index is 0.162. The molecule has 0 saturated carbocycles. The maximum Gasteiger partial charge on any atom is 0.308 e. The number of nitrogens with one attached hydrogen (secondary N) is 1. The normalized spacial score (nSPS) is 34.8. The van der Waals surface area contributed by atoms with Gasteiger partial charge in [0.1, 0.15) is 0 Å². The molecule has 2 atom stereocenters. The second kappa shape index (κ2) is 2.35. The SMILES string of the molecule is C[C@@H]1CNCC1C(=O)O. The summed E-state index contributed by atoms with van der Waals surface area (Å²) in [6.45, 7) is 3.44. The molecule has 0 aromatic rings. The second-order valence-electron chi connectivity index (χ2n) is 2.58. The molecule has 2 N–H and O–H groups in total. The molecule has 52 valence electrons. The van der Waals surface area contributed by atoms with Crippen molar-refractivity contribution in [2.45, 2.75) is 6.92 Å². The van der Waals surface area contributed by atoms with Crippen molar-refractivity contribution in [1.29, 1.82) is 0 Å². The maximum absolute atomic E-state index is 10.4. The predicted molar refractivity (Wildman–Crippen MR) is 33.2 cm³/mol. The quantitative estimate of drug-likeness (QED) is 0.521. The summed E-state index contributed by atoms with van der Waals surface area (Å²) in [6.07, 6.45) is 0. The van der Waals surface area contributed by atoms with Crippen LogP contribution in [0.15, 0.2) is 0 Å². The van der Waals surface area contributed by atoms with E-state index in [2.05, 4.69) is 5.32 Å². The summed E-state index contributed by atoms with van der Waals surface area (Å²) in [4.78, 5) is 10.4. The average Bonchev–Trinajstić information content (AvgIpc) is 2.13. The van der Waals surface area contributed by atoms with Crippen LogP contribution in [0.2, 0.25) is 0 Å².